The fraction of sp³-hybridized carbons (Fsp3) is 0.250. The van der Waals surface area contributed by atoms with E-state index in [-0.39, 0.29) is 0 Å². The molecule has 0 fully saturated rings. The van der Waals surface area contributed by atoms with E-state index in [0.29, 0.717) is 0 Å². The smallest absolute Gasteiger partial charge is 0.206 e. The fourth-order valence-corrected chi connectivity index (χ4v) is 3.48. The lowest BCUT2D eigenvalue weighted by atomic mass is 10.0. The Balaban J connectivity index is 1.77. The predicted octanol–water partition coefficient (Wildman–Crippen LogP) is 4.17. The van der Waals surface area contributed by atoms with Crippen molar-refractivity contribution in [2.75, 3.05) is 7.05 Å². The maximum atomic E-state index is 5.02. The van der Waals surface area contributed by atoms with E-state index >= 15 is 0 Å². The summed E-state index contributed by atoms with van der Waals surface area (Å²) in [5.74, 6) is 1.000. The molecule has 4 rings (SSSR count). The van der Waals surface area contributed by atoms with Crippen molar-refractivity contribution in [3.8, 4) is 0 Å². The second kappa shape index (κ2) is 5.27. The molecule has 23 heavy (non-hydrogen) atoms. The molecule has 0 N–H and O–H groups in total. The van der Waals surface area contributed by atoms with Crippen molar-refractivity contribution in [1.82, 2.24) is 9.80 Å². The highest BCUT2D eigenvalue weighted by atomic mass is 15.4. The van der Waals surface area contributed by atoms with Gasteiger partial charge in [-0.2, -0.15) is 0 Å². The first-order chi connectivity index (χ1) is 11.2. The van der Waals surface area contributed by atoms with E-state index < -0.39 is 0 Å². The van der Waals surface area contributed by atoms with Crippen LogP contribution < -0.4 is 0 Å². The summed E-state index contributed by atoms with van der Waals surface area (Å²) in [7, 11) is 2.06. The van der Waals surface area contributed by atoms with Crippen molar-refractivity contribution in [2.45, 2.75) is 26.4 Å². The van der Waals surface area contributed by atoms with Crippen LogP contribution in [0.5, 0.6) is 0 Å². The van der Waals surface area contributed by atoms with Gasteiger partial charge in [-0.1, -0.05) is 56.0 Å². The van der Waals surface area contributed by atoms with Gasteiger partial charge in [-0.25, -0.2) is 4.99 Å². The number of nitrogens with zero attached hydrogens (tertiary/aromatic N) is 3. The number of rotatable bonds is 1. The van der Waals surface area contributed by atoms with Crippen molar-refractivity contribution in [2.24, 2.45) is 4.99 Å². The van der Waals surface area contributed by atoms with Crippen LogP contribution >= 0.6 is 0 Å². The Kier molecular flexibility index (Phi) is 3.22. The zero-order valence-corrected chi connectivity index (χ0v) is 13.7. The molecule has 116 valence electrons. The number of hydrogen-bond donors (Lipinski definition) is 0. The number of benzene rings is 2. The van der Waals surface area contributed by atoms with Gasteiger partial charge in [-0.3, -0.25) is 0 Å². The van der Waals surface area contributed by atoms with E-state index in [9.17, 15) is 0 Å². The third-order valence-corrected chi connectivity index (χ3v) is 4.85. The molecule has 0 spiro atoms. The lowest BCUT2D eigenvalue weighted by molar-refractivity contribution is 0.397. The summed E-state index contributed by atoms with van der Waals surface area (Å²) in [5.41, 5.74) is 7.33. The molecule has 2 aliphatic heterocycles. The van der Waals surface area contributed by atoms with Gasteiger partial charge in [0.15, 0.2) is 0 Å². The number of aryl methyl sites for hydroxylation is 1. The van der Waals surface area contributed by atoms with Gasteiger partial charge >= 0.3 is 0 Å². The topological polar surface area (TPSA) is 18.8 Å². The molecule has 0 saturated carbocycles. The van der Waals surface area contributed by atoms with Gasteiger partial charge in [-0.15, -0.1) is 0 Å². The van der Waals surface area contributed by atoms with Crippen LogP contribution in [0.1, 0.15) is 29.2 Å². The van der Waals surface area contributed by atoms with E-state index in [1.165, 1.54) is 16.7 Å². The molecule has 0 atom stereocenters. The first-order valence-corrected chi connectivity index (χ1v) is 8.14. The van der Waals surface area contributed by atoms with Crippen molar-refractivity contribution < 1.29 is 0 Å². The van der Waals surface area contributed by atoms with E-state index in [1.54, 1.807) is 0 Å². The highest BCUT2D eigenvalue weighted by Crippen LogP contribution is 2.37. The molecule has 0 aromatic heterocycles. The van der Waals surface area contributed by atoms with Crippen LogP contribution in [0.25, 0.3) is 5.70 Å². The van der Waals surface area contributed by atoms with Crippen molar-refractivity contribution in [3.63, 3.8) is 0 Å². The Hall–Kier alpha value is -2.55. The second-order valence-corrected chi connectivity index (χ2v) is 6.21. The minimum Gasteiger partial charge on any atom is -0.334 e. The van der Waals surface area contributed by atoms with E-state index in [1.807, 2.05) is 0 Å². The molecule has 0 unspecified atom stereocenters. The Labute approximate surface area is 137 Å². The predicted molar refractivity (Wildman–Crippen MR) is 95.4 cm³/mol. The molecule has 2 aromatic rings. The molecule has 0 aliphatic carbocycles. The molecule has 0 saturated heterocycles. The maximum Gasteiger partial charge on any atom is 0.206 e. The Morgan fingerprint density at radius 1 is 1.04 bits per heavy atom. The van der Waals surface area contributed by atoms with Crippen molar-refractivity contribution in [1.29, 1.82) is 0 Å². The zero-order valence-electron chi connectivity index (χ0n) is 13.7. The molecule has 3 heteroatoms. The maximum absolute atomic E-state index is 5.02. The van der Waals surface area contributed by atoms with E-state index in [2.05, 4.69) is 72.8 Å². The van der Waals surface area contributed by atoms with Crippen LogP contribution in [0.15, 0.2) is 54.0 Å². The van der Waals surface area contributed by atoms with Crippen LogP contribution in [-0.4, -0.2) is 22.8 Å². The number of fused-ring (bicyclic) bond motifs is 2. The van der Waals surface area contributed by atoms with Crippen molar-refractivity contribution >= 4 is 17.3 Å². The molecule has 0 bridgehead atoms. The average molecular weight is 303 g/mol. The summed E-state index contributed by atoms with van der Waals surface area (Å²) in [4.78, 5) is 9.48. The Bertz CT molecular complexity index is 794. The summed E-state index contributed by atoms with van der Waals surface area (Å²) in [6.45, 7) is 8.31. The first kappa shape index (κ1) is 14.1. The standard InChI is InChI=1S/C20H21N3/c1-4-15-10-7-11-18-14(2)22(3)20(21-19(15)18)23-12-16-8-5-6-9-17(16)13-23/h5-11H,2,4,12-13H2,1,3H3. The fourth-order valence-electron chi connectivity index (χ4n) is 3.48. The third-order valence-electron chi connectivity index (χ3n) is 4.85. The van der Waals surface area contributed by atoms with E-state index in [0.717, 1.165) is 42.4 Å². The van der Waals surface area contributed by atoms with Crippen LogP contribution in [0.3, 0.4) is 0 Å². The molecule has 2 aromatic carbocycles. The summed E-state index contributed by atoms with van der Waals surface area (Å²) in [6, 6.07) is 15.0. The summed E-state index contributed by atoms with van der Waals surface area (Å²) >= 11 is 0. The van der Waals surface area contributed by atoms with Gasteiger partial charge in [0.05, 0.1) is 5.69 Å². The van der Waals surface area contributed by atoms with Gasteiger partial charge < -0.3 is 9.80 Å². The lowest BCUT2D eigenvalue weighted by Crippen LogP contribution is -2.39. The largest absolute Gasteiger partial charge is 0.334 e. The normalized spacial score (nSPS) is 16.3. The molecular weight excluding hydrogens is 282 g/mol. The van der Waals surface area contributed by atoms with Gasteiger partial charge in [0.1, 0.15) is 0 Å². The second-order valence-electron chi connectivity index (χ2n) is 6.21. The molecule has 0 radical (unpaired) electrons. The number of para-hydroxylation sites is 1. The van der Waals surface area contributed by atoms with Gasteiger partial charge in [0, 0.05) is 31.4 Å². The number of guanidine groups is 1. The van der Waals surface area contributed by atoms with Crippen LogP contribution in [0, 0.1) is 0 Å². The van der Waals surface area contributed by atoms with Gasteiger partial charge in [0.2, 0.25) is 5.96 Å². The van der Waals surface area contributed by atoms with Gasteiger partial charge in [0.25, 0.3) is 0 Å². The van der Waals surface area contributed by atoms with Crippen LogP contribution in [0.4, 0.5) is 5.69 Å². The quantitative estimate of drug-likeness (QED) is 0.787. The molecule has 2 aliphatic rings. The third kappa shape index (κ3) is 2.15. The zero-order chi connectivity index (χ0) is 16.0. The molecule has 2 heterocycles. The van der Waals surface area contributed by atoms with Crippen LogP contribution in [0.2, 0.25) is 0 Å². The molecule has 0 amide bonds. The minimum atomic E-state index is 0.913. The monoisotopic (exact) mass is 303 g/mol. The lowest BCUT2D eigenvalue weighted by Gasteiger charge is -2.34. The van der Waals surface area contributed by atoms with E-state index in [4.69, 9.17) is 4.99 Å². The SMILES string of the molecule is C=C1c2cccc(CC)c2N=C(N2Cc3ccccc3C2)N1C. The number of aliphatic imine (C=N–C) groups is 1. The highest BCUT2D eigenvalue weighted by molar-refractivity contribution is 5.97. The Morgan fingerprint density at radius 2 is 1.74 bits per heavy atom. The van der Waals surface area contributed by atoms with Crippen molar-refractivity contribution in [3.05, 3.63) is 71.3 Å². The molecular formula is C20H21N3. The highest BCUT2D eigenvalue weighted by Gasteiger charge is 2.29. The number of hydrogen-bond acceptors (Lipinski definition) is 3. The summed E-state index contributed by atoms with van der Waals surface area (Å²) in [6.07, 6.45) is 0.983. The van der Waals surface area contributed by atoms with Gasteiger partial charge in [-0.05, 0) is 23.1 Å². The van der Waals surface area contributed by atoms with Crippen LogP contribution in [-0.2, 0) is 19.5 Å². The summed E-state index contributed by atoms with van der Waals surface area (Å²) < 4.78 is 0. The average Bonchev–Trinajstić information content (AvgIpc) is 3.01. The summed E-state index contributed by atoms with van der Waals surface area (Å²) in [5, 5.41) is 0. The first-order valence-electron chi connectivity index (χ1n) is 8.14. The minimum absolute atomic E-state index is 0.913. The Morgan fingerprint density at radius 3 is 2.39 bits per heavy atom. The molecule has 3 nitrogen and oxygen atoms in total.